The topological polar surface area (TPSA) is 21.3 Å². The number of ether oxygens (including phenoxy) is 1. The Morgan fingerprint density at radius 1 is 1.22 bits per heavy atom. The Balaban J connectivity index is 2.10. The SMILES string of the molecule is CCNC(COC(C)C)C1(c2ccccc2)CC1. The van der Waals surface area contributed by atoms with Crippen LogP contribution in [0.25, 0.3) is 0 Å². The fourth-order valence-electron chi connectivity index (χ4n) is 2.69. The Bertz CT molecular complexity index is 357. The average molecular weight is 247 g/mol. The molecule has 1 aliphatic carbocycles. The molecule has 0 bridgehead atoms. The minimum absolute atomic E-state index is 0.303. The number of hydrogen-bond donors (Lipinski definition) is 1. The first-order valence-corrected chi connectivity index (χ1v) is 7.09. The van der Waals surface area contributed by atoms with E-state index in [2.05, 4.69) is 56.4 Å². The van der Waals surface area contributed by atoms with Crippen molar-refractivity contribution in [2.75, 3.05) is 13.2 Å². The van der Waals surface area contributed by atoms with E-state index in [0.717, 1.165) is 13.2 Å². The van der Waals surface area contributed by atoms with Gasteiger partial charge in [-0.15, -0.1) is 0 Å². The highest BCUT2D eigenvalue weighted by Gasteiger charge is 2.50. The van der Waals surface area contributed by atoms with Gasteiger partial charge in [-0.2, -0.15) is 0 Å². The van der Waals surface area contributed by atoms with Gasteiger partial charge in [-0.25, -0.2) is 0 Å². The molecule has 100 valence electrons. The summed E-state index contributed by atoms with van der Waals surface area (Å²) in [6, 6.07) is 11.3. The molecule has 0 radical (unpaired) electrons. The Hall–Kier alpha value is -0.860. The molecule has 0 spiro atoms. The van der Waals surface area contributed by atoms with E-state index >= 15 is 0 Å². The zero-order valence-corrected chi connectivity index (χ0v) is 11.8. The zero-order valence-electron chi connectivity index (χ0n) is 11.8. The smallest absolute Gasteiger partial charge is 0.0631 e. The van der Waals surface area contributed by atoms with Crippen molar-refractivity contribution in [1.82, 2.24) is 5.32 Å². The van der Waals surface area contributed by atoms with Gasteiger partial charge in [0.05, 0.1) is 12.7 Å². The predicted octanol–water partition coefficient (Wildman–Crippen LogP) is 3.12. The Kier molecular flexibility index (Phi) is 4.41. The van der Waals surface area contributed by atoms with Gasteiger partial charge in [0.1, 0.15) is 0 Å². The standard InChI is InChI=1S/C16H25NO/c1-4-17-15(12-18-13(2)3)16(10-11-16)14-8-6-5-7-9-14/h5-9,13,15,17H,4,10-12H2,1-3H3. The van der Waals surface area contributed by atoms with E-state index in [1.54, 1.807) is 0 Å². The van der Waals surface area contributed by atoms with Crippen molar-refractivity contribution >= 4 is 0 Å². The van der Waals surface area contributed by atoms with Crippen LogP contribution in [-0.4, -0.2) is 25.3 Å². The van der Waals surface area contributed by atoms with Gasteiger partial charge in [-0.05, 0) is 38.8 Å². The second-order valence-corrected chi connectivity index (χ2v) is 5.51. The summed E-state index contributed by atoms with van der Waals surface area (Å²) in [5.41, 5.74) is 1.77. The van der Waals surface area contributed by atoms with Crippen molar-refractivity contribution < 1.29 is 4.74 Å². The van der Waals surface area contributed by atoms with Crippen LogP contribution in [0.5, 0.6) is 0 Å². The third-order valence-electron chi connectivity index (χ3n) is 3.85. The van der Waals surface area contributed by atoms with Crippen LogP contribution in [-0.2, 0) is 10.2 Å². The predicted molar refractivity (Wildman–Crippen MR) is 75.9 cm³/mol. The highest BCUT2D eigenvalue weighted by Crippen LogP contribution is 2.51. The molecule has 2 nitrogen and oxygen atoms in total. The molecule has 0 aliphatic heterocycles. The van der Waals surface area contributed by atoms with Crippen LogP contribution in [0.3, 0.4) is 0 Å². The van der Waals surface area contributed by atoms with Crippen molar-refractivity contribution in [3.05, 3.63) is 35.9 Å². The maximum absolute atomic E-state index is 5.84. The molecule has 1 aliphatic rings. The van der Waals surface area contributed by atoms with Gasteiger partial charge < -0.3 is 10.1 Å². The van der Waals surface area contributed by atoms with Gasteiger partial charge in [0.25, 0.3) is 0 Å². The summed E-state index contributed by atoms with van der Waals surface area (Å²) in [5, 5.41) is 3.61. The van der Waals surface area contributed by atoms with Gasteiger partial charge in [0, 0.05) is 11.5 Å². The monoisotopic (exact) mass is 247 g/mol. The molecule has 0 heterocycles. The second-order valence-electron chi connectivity index (χ2n) is 5.51. The molecule has 0 amide bonds. The molecular formula is C16H25NO. The maximum atomic E-state index is 5.84. The van der Waals surface area contributed by atoms with Crippen molar-refractivity contribution in [3.8, 4) is 0 Å². The first-order chi connectivity index (χ1) is 8.69. The lowest BCUT2D eigenvalue weighted by atomic mass is 9.88. The van der Waals surface area contributed by atoms with Crippen molar-refractivity contribution in [2.24, 2.45) is 0 Å². The maximum Gasteiger partial charge on any atom is 0.0631 e. The molecule has 0 aromatic heterocycles. The molecule has 1 aromatic carbocycles. The van der Waals surface area contributed by atoms with Crippen LogP contribution in [0, 0.1) is 0 Å². The van der Waals surface area contributed by atoms with E-state index in [-0.39, 0.29) is 0 Å². The fraction of sp³-hybridized carbons (Fsp3) is 0.625. The number of rotatable bonds is 7. The summed E-state index contributed by atoms with van der Waals surface area (Å²) in [7, 11) is 0. The molecule has 1 fully saturated rings. The fourth-order valence-corrected chi connectivity index (χ4v) is 2.69. The first kappa shape index (κ1) is 13.6. The Morgan fingerprint density at radius 2 is 1.89 bits per heavy atom. The third kappa shape index (κ3) is 2.93. The zero-order chi connectivity index (χ0) is 13.0. The number of nitrogens with one attached hydrogen (secondary N) is 1. The Labute approximate surface area is 111 Å². The van der Waals surface area contributed by atoms with Gasteiger partial charge >= 0.3 is 0 Å². The molecule has 2 rings (SSSR count). The summed E-state index contributed by atoms with van der Waals surface area (Å²) in [5.74, 6) is 0. The van der Waals surface area contributed by atoms with E-state index in [1.807, 2.05) is 0 Å². The molecule has 2 heteroatoms. The quantitative estimate of drug-likeness (QED) is 0.799. The van der Waals surface area contributed by atoms with E-state index < -0.39 is 0 Å². The lowest BCUT2D eigenvalue weighted by molar-refractivity contribution is 0.0534. The lowest BCUT2D eigenvalue weighted by Gasteiger charge is -2.29. The van der Waals surface area contributed by atoms with Crippen molar-refractivity contribution in [1.29, 1.82) is 0 Å². The molecule has 1 aromatic rings. The van der Waals surface area contributed by atoms with E-state index in [4.69, 9.17) is 4.74 Å². The number of hydrogen-bond acceptors (Lipinski definition) is 2. The molecular weight excluding hydrogens is 222 g/mol. The highest BCUT2D eigenvalue weighted by atomic mass is 16.5. The number of benzene rings is 1. The van der Waals surface area contributed by atoms with Crippen molar-refractivity contribution in [2.45, 2.75) is 51.2 Å². The number of likely N-dealkylation sites (N-methyl/N-ethyl adjacent to an activating group) is 1. The van der Waals surface area contributed by atoms with E-state index in [1.165, 1.54) is 18.4 Å². The summed E-state index contributed by atoms with van der Waals surface area (Å²) >= 11 is 0. The normalized spacial score (nSPS) is 18.9. The molecule has 1 N–H and O–H groups in total. The molecule has 1 atom stereocenters. The van der Waals surface area contributed by atoms with Crippen LogP contribution >= 0.6 is 0 Å². The van der Waals surface area contributed by atoms with Gasteiger partial charge in [-0.3, -0.25) is 0 Å². The summed E-state index contributed by atoms with van der Waals surface area (Å²) in [6.07, 6.45) is 2.85. The second kappa shape index (κ2) is 5.85. The largest absolute Gasteiger partial charge is 0.377 e. The van der Waals surface area contributed by atoms with Gasteiger partial charge in [0.15, 0.2) is 0 Å². The molecule has 1 unspecified atom stereocenters. The Morgan fingerprint density at radius 3 is 2.39 bits per heavy atom. The van der Waals surface area contributed by atoms with Gasteiger partial charge in [0.2, 0.25) is 0 Å². The van der Waals surface area contributed by atoms with Crippen LogP contribution in [0.4, 0.5) is 0 Å². The average Bonchev–Trinajstić information content (AvgIpc) is 3.17. The minimum Gasteiger partial charge on any atom is -0.377 e. The molecule has 18 heavy (non-hydrogen) atoms. The summed E-state index contributed by atoms with van der Waals surface area (Å²) in [4.78, 5) is 0. The van der Waals surface area contributed by atoms with Crippen LogP contribution in [0.1, 0.15) is 39.2 Å². The van der Waals surface area contributed by atoms with Crippen LogP contribution in [0.15, 0.2) is 30.3 Å². The van der Waals surface area contributed by atoms with Gasteiger partial charge in [-0.1, -0.05) is 37.3 Å². The highest BCUT2D eigenvalue weighted by molar-refractivity contribution is 5.34. The van der Waals surface area contributed by atoms with E-state index in [0.29, 0.717) is 17.6 Å². The molecule has 0 saturated heterocycles. The first-order valence-electron chi connectivity index (χ1n) is 7.09. The van der Waals surface area contributed by atoms with Crippen LogP contribution < -0.4 is 5.32 Å². The third-order valence-corrected chi connectivity index (χ3v) is 3.85. The van der Waals surface area contributed by atoms with Crippen LogP contribution in [0.2, 0.25) is 0 Å². The minimum atomic E-state index is 0.303. The molecule has 1 saturated carbocycles. The lowest BCUT2D eigenvalue weighted by Crippen LogP contribution is -2.44. The summed E-state index contributed by atoms with van der Waals surface area (Å²) in [6.45, 7) is 8.18. The van der Waals surface area contributed by atoms with E-state index in [9.17, 15) is 0 Å². The van der Waals surface area contributed by atoms with Crippen molar-refractivity contribution in [3.63, 3.8) is 0 Å². The summed E-state index contributed by atoms with van der Waals surface area (Å²) < 4.78 is 5.84.